The number of rotatable bonds is 6. The van der Waals surface area contributed by atoms with Crippen LogP contribution in [0.25, 0.3) is 0 Å². The first-order chi connectivity index (χ1) is 11.5. The van der Waals surface area contributed by atoms with Crippen LogP contribution in [0.15, 0.2) is 42.6 Å². The van der Waals surface area contributed by atoms with Gasteiger partial charge >= 0.3 is 5.97 Å². The lowest BCUT2D eigenvalue weighted by atomic mass is 10.2. The van der Waals surface area contributed by atoms with E-state index < -0.39 is 5.97 Å². The Labute approximate surface area is 141 Å². The van der Waals surface area contributed by atoms with Crippen molar-refractivity contribution in [3.63, 3.8) is 0 Å². The Balaban J connectivity index is 2.06. The average Bonchev–Trinajstić information content (AvgIpc) is 2.61. The number of amides is 1. The Kier molecular flexibility index (Phi) is 5.89. The molecule has 1 aromatic carbocycles. The second-order valence-corrected chi connectivity index (χ2v) is 5.41. The van der Waals surface area contributed by atoms with E-state index in [0.717, 1.165) is 17.8 Å². The zero-order valence-electron chi connectivity index (χ0n) is 14.0. The number of aromatic nitrogens is 1. The van der Waals surface area contributed by atoms with Crippen molar-refractivity contribution in [3.8, 4) is 0 Å². The van der Waals surface area contributed by atoms with Gasteiger partial charge in [0.05, 0.1) is 24.6 Å². The number of methoxy groups -OCH3 is 1. The molecule has 0 radical (unpaired) electrons. The predicted octanol–water partition coefficient (Wildman–Crippen LogP) is 3.14. The smallest absolute Gasteiger partial charge is 0.337 e. The number of hydrogen-bond acceptors (Lipinski definition) is 5. The number of hydrogen-bond donors (Lipinski definition) is 2. The molecule has 0 aliphatic carbocycles. The lowest BCUT2D eigenvalue weighted by Crippen LogP contribution is -2.32. The van der Waals surface area contributed by atoms with Crippen molar-refractivity contribution in [1.82, 2.24) is 10.3 Å². The van der Waals surface area contributed by atoms with E-state index >= 15 is 0 Å². The van der Waals surface area contributed by atoms with Crippen molar-refractivity contribution in [1.29, 1.82) is 0 Å². The second kappa shape index (κ2) is 8.10. The van der Waals surface area contributed by atoms with E-state index in [0.29, 0.717) is 11.3 Å². The van der Waals surface area contributed by atoms with Crippen molar-refractivity contribution >= 4 is 23.3 Å². The summed E-state index contributed by atoms with van der Waals surface area (Å²) in [5.74, 6) is -0.586. The summed E-state index contributed by atoms with van der Waals surface area (Å²) in [6.45, 7) is 3.95. The summed E-state index contributed by atoms with van der Waals surface area (Å²) in [4.78, 5) is 27.7. The Bertz CT molecular complexity index is 714. The molecule has 0 aliphatic heterocycles. The third-order valence-corrected chi connectivity index (χ3v) is 3.56. The van der Waals surface area contributed by atoms with E-state index in [1.54, 1.807) is 36.5 Å². The first-order valence-corrected chi connectivity index (χ1v) is 7.75. The van der Waals surface area contributed by atoms with Crippen molar-refractivity contribution in [2.75, 3.05) is 12.4 Å². The highest BCUT2D eigenvalue weighted by molar-refractivity contribution is 5.93. The summed E-state index contributed by atoms with van der Waals surface area (Å²) < 4.78 is 4.70. The number of nitrogens with one attached hydrogen (secondary N) is 2. The lowest BCUT2D eigenvalue weighted by Gasteiger charge is -2.11. The highest BCUT2D eigenvalue weighted by Crippen LogP contribution is 2.17. The number of esters is 1. The Hall–Kier alpha value is -2.89. The molecule has 0 saturated heterocycles. The van der Waals surface area contributed by atoms with Gasteiger partial charge in [-0.1, -0.05) is 13.0 Å². The van der Waals surface area contributed by atoms with Crippen LogP contribution in [0.2, 0.25) is 0 Å². The molecule has 1 amide bonds. The minimum atomic E-state index is -0.395. The van der Waals surface area contributed by atoms with Crippen LogP contribution in [-0.4, -0.2) is 30.0 Å². The fourth-order valence-electron chi connectivity index (χ4n) is 2.01. The van der Waals surface area contributed by atoms with Crippen LogP contribution in [0, 0.1) is 0 Å². The Morgan fingerprint density at radius 3 is 2.62 bits per heavy atom. The molecule has 6 nitrogen and oxygen atoms in total. The maximum atomic E-state index is 12.0. The molecule has 0 saturated carbocycles. The molecule has 0 aliphatic rings. The molecule has 0 spiro atoms. The zero-order valence-corrected chi connectivity index (χ0v) is 14.0. The van der Waals surface area contributed by atoms with Crippen molar-refractivity contribution in [2.45, 2.75) is 26.3 Å². The van der Waals surface area contributed by atoms with Gasteiger partial charge in [-0.25, -0.2) is 9.78 Å². The molecule has 1 heterocycles. The van der Waals surface area contributed by atoms with Crippen LogP contribution in [0.1, 0.15) is 41.1 Å². The molecular weight excluding hydrogens is 306 g/mol. The summed E-state index contributed by atoms with van der Waals surface area (Å²) in [7, 11) is 1.34. The van der Waals surface area contributed by atoms with E-state index in [4.69, 9.17) is 4.74 Å². The Morgan fingerprint density at radius 1 is 1.21 bits per heavy atom. The van der Waals surface area contributed by atoms with Gasteiger partial charge in [-0.15, -0.1) is 0 Å². The topological polar surface area (TPSA) is 80.3 Å². The van der Waals surface area contributed by atoms with Gasteiger partial charge < -0.3 is 15.4 Å². The van der Waals surface area contributed by atoms with E-state index in [1.807, 2.05) is 19.9 Å². The monoisotopic (exact) mass is 327 g/mol. The lowest BCUT2D eigenvalue weighted by molar-refractivity contribution is 0.0600. The molecule has 1 atom stereocenters. The minimum absolute atomic E-state index is 0.109. The number of anilines is 2. The van der Waals surface area contributed by atoms with Gasteiger partial charge in [0.1, 0.15) is 5.69 Å². The van der Waals surface area contributed by atoms with Gasteiger partial charge in [0.15, 0.2) is 0 Å². The minimum Gasteiger partial charge on any atom is -0.465 e. The van der Waals surface area contributed by atoms with Crippen LogP contribution in [0.4, 0.5) is 11.4 Å². The molecule has 1 aromatic heterocycles. The largest absolute Gasteiger partial charge is 0.465 e. The van der Waals surface area contributed by atoms with Gasteiger partial charge in [0, 0.05) is 11.7 Å². The number of pyridine rings is 1. The first kappa shape index (κ1) is 17.5. The van der Waals surface area contributed by atoms with Crippen LogP contribution in [0.5, 0.6) is 0 Å². The van der Waals surface area contributed by atoms with Gasteiger partial charge in [-0.2, -0.15) is 0 Å². The third kappa shape index (κ3) is 4.55. The zero-order chi connectivity index (χ0) is 17.5. The number of benzene rings is 1. The number of ether oxygens (including phenoxy) is 1. The van der Waals surface area contributed by atoms with Crippen LogP contribution >= 0.6 is 0 Å². The molecule has 2 aromatic rings. The number of carbonyl (C=O) groups is 2. The van der Waals surface area contributed by atoms with E-state index in [-0.39, 0.29) is 11.9 Å². The van der Waals surface area contributed by atoms with Crippen molar-refractivity contribution in [3.05, 3.63) is 53.9 Å². The van der Waals surface area contributed by atoms with Gasteiger partial charge in [-0.05, 0) is 43.7 Å². The maximum Gasteiger partial charge on any atom is 0.337 e. The normalized spacial score (nSPS) is 11.5. The fraction of sp³-hybridized carbons (Fsp3) is 0.278. The molecule has 6 heteroatoms. The first-order valence-electron chi connectivity index (χ1n) is 7.75. The fourth-order valence-corrected chi connectivity index (χ4v) is 2.01. The SMILES string of the molecule is CCC(C)NC(=O)c1ccc(Nc2cccc(C(=O)OC)c2)cn1. The highest BCUT2D eigenvalue weighted by atomic mass is 16.5. The average molecular weight is 327 g/mol. The summed E-state index contributed by atoms with van der Waals surface area (Å²) in [6.07, 6.45) is 2.44. The summed E-state index contributed by atoms with van der Waals surface area (Å²) >= 11 is 0. The molecular formula is C18H21N3O3. The van der Waals surface area contributed by atoms with Gasteiger partial charge in [0.2, 0.25) is 0 Å². The number of carbonyl (C=O) groups excluding carboxylic acids is 2. The molecule has 1 unspecified atom stereocenters. The summed E-state index contributed by atoms with van der Waals surface area (Å²) in [5.41, 5.74) is 2.28. The third-order valence-electron chi connectivity index (χ3n) is 3.56. The van der Waals surface area contributed by atoms with E-state index in [1.165, 1.54) is 7.11 Å². The van der Waals surface area contributed by atoms with Crippen molar-refractivity contribution < 1.29 is 14.3 Å². The highest BCUT2D eigenvalue weighted by Gasteiger charge is 2.10. The summed E-state index contributed by atoms with van der Waals surface area (Å²) in [5, 5.41) is 6.01. The van der Waals surface area contributed by atoms with Gasteiger partial charge in [0.25, 0.3) is 5.91 Å². The standard InChI is InChI=1S/C18H21N3O3/c1-4-12(2)20-17(22)16-9-8-15(11-19-16)21-14-7-5-6-13(10-14)18(23)24-3/h5-12,21H,4H2,1-3H3,(H,20,22). The molecule has 2 rings (SSSR count). The molecule has 0 bridgehead atoms. The van der Waals surface area contributed by atoms with E-state index in [2.05, 4.69) is 15.6 Å². The molecule has 2 N–H and O–H groups in total. The maximum absolute atomic E-state index is 12.0. The summed E-state index contributed by atoms with van der Waals surface area (Å²) in [6, 6.07) is 10.5. The molecule has 126 valence electrons. The second-order valence-electron chi connectivity index (χ2n) is 5.41. The molecule has 24 heavy (non-hydrogen) atoms. The quantitative estimate of drug-likeness (QED) is 0.797. The molecule has 0 fully saturated rings. The van der Waals surface area contributed by atoms with Crippen molar-refractivity contribution in [2.24, 2.45) is 0 Å². The number of nitrogens with zero attached hydrogens (tertiary/aromatic N) is 1. The van der Waals surface area contributed by atoms with Crippen LogP contribution < -0.4 is 10.6 Å². The Morgan fingerprint density at radius 2 is 2.00 bits per heavy atom. The van der Waals surface area contributed by atoms with Crippen LogP contribution in [0.3, 0.4) is 0 Å². The van der Waals surface area contributed by atoms with Crippen LogP contribution in [-0.2, 0) is 4.74 Å². The predicted molar refractivity (Wildman–Crippen MR) is 92.5 cm³/mol. The van der Waals surface area contributed by atoms with E-state index in [9.17, 15) is 9.59 Å². The van der Waals surface area contributed by atoms with Gasteiger partial charge in [-0.3, -0.25) is 4.79 Å².